The zero-order valence-electron chi connectivity index (χ0n) is 28.2. The lowest BCUT2D eigenvalue weighted by Crippen LogP contribution is -2.58. The number of aromatic hydroxyl groups is 1. The molecule has 0 saturated carbocycles. The van der Waals surface area contributed by atoms with Gasteiger partial charge in [-0.15, -0.1) is 0 Å². The SMILES string of the molecule is NC(Cc1ccccc1)C(=O)NC(Cc1c[nH]c2ccccc12)C(=O)NC(Cc1c[nH]c2ccccc12)C(=O)NC(Cc1ccc(O)cc1)C(=O)O. The molecule has 0 spiro atoms. The number of amides is 3. The Bertz CT molecular complexity index is 2180. The van der Waals surface area contributed by atoms with Crippen molar-refractivity contribution in [1.82, 2.24) is 25.9 Å². The molecule has 6 aromatic rings. The van der Waals surface area contributed by atoms with Gasteiger partial charge in [-0.05, 0) is 52.9 Å². The lowest BCUT2D eigenvalue weighted by Gasteiger charge is -2.25. The first-order valence-corrected chi connectivity index (χ1v) is 17.0. The van der Waals surface area contributed by atoms with Crippen LogP contribution in [0.4, 0.5) is 0 Å². The second kappa shape index (κ2) is 16.1. The van der Waals surface area contributed by atoms with Gasteiger partial charge in [-0.25, -0.2) is 4.79 Å². The van der Waals surface area contributed by atoms with Crippen molar-refractivity contribution in [2.45, 2.75) is 49.9 Å². The summed E-state index contributed by atoms with van der Waals surface area (Å²) in [5.74, 6) is -3.15. The number of aromatic amines is 2. The Balaban J connectivity index is 1.27. The summed E-state index contributed by atoms with van der Waals surface area (Å²) in [6.45, 7) is 0. The Morgan fingerprint density at radius 3 is 1.56 bits per heavy atom. The van der Waals surface area contributed by atoms with Crippen molar-refractivity contribution in [1.29, 1.82) is 0 Å². The number of carboxylic acid groups (broad SMARTS) is 1. The first kappa shape index (κ1) is 35.4. The predicted molar refractivity (Wildman–Crippen MR) is 197 cm³/mol. The van der Waals surface area contributed by atoms with Gasteiger partial charge in [-0.1, -0.05) is 78.9 Å². The predicted octanol–water partition coefficient (Wildman–Crippen LogP) is 3.49. The number of carbonyl (C=O) groups excluding carboxylic acids is 3. The number of nitrogens with two attached hydrogens (primary N) is 1. The number of H-pyrrole nitrogens is 2. The summed E-state index contributed by atoms with van der Waals surface area (Å²) in [6, 6.07) is 25.7. The summed E-state index contributed by atoms with van der Waals surface area (Å²) in [7, 11) is 0. The minimum Gasteiger partial charge on any atom is -0.508 e. The first-order chi connectivity index (χ1) is 25.1. The molecule has 0 radical (unpaired) electrons. The minimum atomic E-state index is -1.34. The van der Waals surface area contributed by atoms with Crippen LogP contribution in [0.25, 0.3) is 21.8 Å². The summed E-state index contributed by atoms with van der Waals surface area (Å²) < 4.78 is 0. The van der Waals surface area contributed by atoms with Crippen LogP contribution in [0.2, 0.25) is 0 Å². The summed E-state index contributed by atoms with van der Waals surface area (Å²) in [6.07, 6.45) is 3.81. The number of phenolic OH excluding ortho intramolecular Hbond substituents is 1. The van der Waals surface area contributed by atoms with Crippen LogP contribution in [0, 0.1) is 0 Å². The van der Waals surface area contributed by atoms with Crippen molar-refractivity contribution in [2.75, 3.05) is 0 Å². The average molecular weight is 701 g/mol. The average Bonchev–Trinajstić information content (AvgIpc) is 3.75. The number of phenols is 1. The number of aliphatic carboxylic acids is 1. The van der Waals surface area contributed by atoms with Gasteiger partial charge >= 0.3 is 5.97 Å². The van der Waals surface area contributed by atoms with E-state index in [4.69, 9.17) is 5.73 Å². The van der Waals surface area contributed by atoms with Crippen LogP contribution < -0.4 is 21.7 Å². The van der Waals surface area contributed by atoms with Gasteiger partial charge in [0.1, 0.15) is 23.9 Å². The molecule has 0 aliphatic rings. The van der Waals surface area contributed by atoms with Crippen LogP contribution in [0.15, 0.2) is 116 Å². The number of fused-ring (bicyclic) bond motifs is 2. The van der Waals surface area contributed by atoms with E-state index in [9.17, 15) is 29.4 Å². The zero-order valence-corrected chi connectivity index (χ0v) is 28.2. The Morgan fingerprint density at radius 1 is 0.558 bits per heavy atom. The van der Waals surface area contributed by atoms with Crippen LogP contribution in [-0.4, -0.2) is 68.0 Å². The number of benzene rings is 4. The fourth-order valence-electron chi connectivity index (χ4n) is 6.31. The van der Waals surface area contributed by atoms with Crippen LogP contribution in [0.1, 0.15) is 22.3 Å². The summed E-state index contributed by atoms with van der Waals surface area (Å²) >= 11 is 0. The maximum absolute atomic E-state index is 14.3. The molecule has 266 valence electrons. The van der Waals surface area contributed by atoms with Crippen molar-refractivity contribution in [3.05, 3.63) is 138 Å². The quantitative estimate of drug-likeness (QED) is 0.0801. The third-order valence-electron chi connectivity index (χ3n) is 9.09. The smallest absolute Gasteiger partial charge is 0.326 e. The second-order valence-electron chi connectivity index (χ2n) is 12.8. The highest BCUT2D eigenvalue weighted by molar-refractivity contribution is 5.95. The van der Waals surface area contributed by atoms with Crippen LogP contribution in [0.5, 0.6) is 5.75 Å². The number of nitrogens with one attached hydrogen (secondary N) is 5. The minimum absolute atomic E-state index is 0.0222. The molecule has 4 atom stereocenters. The van der Waals surface area contributed by atoms with Gasteiger partial charge in [0.15, 0.2) is 0 Å². The number of carbonyl (C=O) groups is 4. The van der Waals surface area contributed by atoms with Crippen molar-refractivity contribution in [3.8, 4) is 5.75 Å². The number of para-hydroxylation sites is 2. The topological polar surface area (TPSA) is 202 Å². The van der Waals surface area contributed by atoms with E-state index in [2.05, 4.69) is 25.9 Å². The van der Waals surface area contributed by atoms with Crippen LogP contribution in [0.3, 0.4) is 0 Å². The largest absolute Gasteiger partial charge is 0.508 e. The summed E-state index contributed by atoms with van der Waals surface area (Å²) in [5, 5.41) is 29.7. The fraction of sp³-hybridized carbons (Fsp3) is 0.200. The van der Waals surface area contributed by atoms with E-state index in [0.29, 0.717) is 5.56 Å². The van der Waals surface area contributed by atoms with E-state index in [1.807, 2.05) is 78.9 Å². The van der Waals surface area contributed by atoms with E-state index in [1.165, 1.54) is 12.1 Å². The molecule has 0 aliphatic heterocycles. The number of aromatic nitrogens is 2. The van der Waals surface area contributed by atoms with Gasteiger partial charge in [0.25, 0.3) is 0 Å². The molecule has 0 aliphatic carbocycles. The van der Waals surface area contributed by atoms with Gasteiger partial charge in [0, 0.05) is 53.5 Å². The van der Waals surface area contributed by atoms with Crippen molar-refractivity contribution in [3.63, 3.8) is 0 Å². The molecule has 0 fully saturated rings. The summed E-state index contributed by atoms with van der Waals surface area (Å²) in [4.78, 5) is 60.5. The van der Waals surface area contributed by atoms with Gasteiger partial charge in [-0.3, -0.25) is 14.4 Å². The van der Waals surface area contributed by atoms with Gasteiger partial charge in [-0.2, -0.15) is 0 Å². The Labute approximate surface area is 299 Å². The summed E-state index contributed by atoms with van der Waals surface area (Å²) in [5.41, 5.74) is 10.9. The molecule has 9 N–H and O–H groups in total. The second-order valence-corrected chi connectivity index (χ2v) is 12.8. The third kappa shape index (κ3) is 8.66. The lowest BCUT2D eigenvalue weighted by atomic mass is 10.00. The number of hydrogen-bond donors (Lipinski definition) is 8. The molecule has 4 aromatic carbocycles. The molecule has 0 bridgehead atoms. The van der Waals surface area contributed by atoms with Crippen molar-refractivity contribution < 1.29 is 29.4 Å². The Kier molecular flexibility index (Phi) is 11.0. The highest BCUT2D eigenvalue weighted by Gasteiger charge is 2.32. The molecular formula is C40H40N6O6. The number of carboxylic acids is 1. The zero-order chi connectivity index (χ0) is 36.6. The van der Waals surface area contributed by atoms with Crippen molar-refractivity contribution >= 4 is 45.5 Å². The third-order valence-corrected chi connectivity index (χ3v) is 9.09. The molecular weight excluding hydrogens is 660 g/mol. The van der Waals surface area contributed by atoms with E-state index >= 15 is 0 Å². The van der Waals surface area contributed by atoms with Crippen LogP contribution >= 0.6 is 0 Å². The molecule has 2 heterocycles. The van der Waals surface area contributed by atoms with E-state index in [-0.39, 0.29) is 31.4 Å². The van der Waals surface area contributed by atoms with Crippen molar-refractivity contribution in [2.24, 2.45) is 5.73 Å². The van der Waals surface area contributed by atoms with Gasteiger partial charge < -0.3 is 41.9 Å². The Hall–Kier alpha value is -6.40. The molecule has 12 heteroatoms. The highest BCUT2D eigenvalue weighted by atomic mass is 16.4. The van der Waals surface area contributed by atoms with Gasteiger partial charge in [0.2, 0.25) is 17.7 Å². The normalized spacial score (nSPS) is 13.6. The van der Waals surface area contributed by atoms with E-state index < -0.39 is 47.9 Å². The van der Waals surface area contributed by atoms with Crippen LogP contribution in [-0.2, 0) is 44.9 Å². The maximum atomic E-state index is 14.3. The fourth-order valence-corrected chi connectivity index (χ4v) is 6.31. The van der Waals surface area contributed by atoms with E-state index in [1.54, 1.807) is 24.5 Å². The number of rotatable bonds is 15. The monoisotopic (exact) mass is 700 g/mol. The van der Waals surface area contributed by atoms with E-state index in [0.717, 1.165) is 38.5 Å². The molecule has 4 unspecified atom stereocenters. The molecule has 52 heavy (non-hydrogen) atoms. The maximum Gasteiger partial charge on any atom is 0.326 e. The lowest BCUT2D eigenvalue weighted by molar-refractivity contribution is -0.142. The molecule has 0 saturated heterocycles. The Morgan fingerprint density at radius 2 is 1.02 bits per heavy atom. The van der Waals surface area contributed by atoms with Gasteiger partial charge in [0.05, 0.1) is 6.04 Å². The molecule has 3 amide bonds. The first-order valence-electron chi connectivity index (χ1n) is 17.0. The molecule has 2 aromatic heterocycles. The highest BCUT2D eigenvalue weighted by Crippen LogP contribution is 2.21. The standard InChI is InChI=1S/C40H40N6O6/c41-31(18-24-8-2-1-3-9-24)37(48)44-34(20-26-22-42-32-12-6-4-10-29(26)32)38(49)45-35(21-27-23-43-33-13-7-5-11-30(27)33)39(50)46-36(40(51)52)19-25-14-16-28(47)17-15-25/h1-17,22-23,31,34-36,42-43,47H,18-21,41H2,(H,44,48)(H,45,49)(H,46,50)(H,51,52). The number of hydrogen-bond acceptors (Lipinski definition) is 6. The molecule has 12 nitrogen and oxygen atoms in total. The molecule has 6 rings (SSSR count).